The molecule has 1 heterocycles. The van der Waals surface area contributed by atoms with Gasteiger partial charge >= 0.3 is 0 Å². The van der Waals surface area contributed by atoms with Crippen molar-refractivity contribution in [3.8, 4) is 11.5 Å². The molecule has 5 nitrogen and oxygen atoms in total. The van der Waals surface area contributed by atoms with E-state index >= 15 is 0 Å². The Morgan fingerprint density at radius 3 is 2.67 bits per heavy atom. The first-order chi connectivity index (χ1) is 10.2. The summed E-state index contributed by atoms with van der Waals surface area (Å²) in [7, 11) is 3.15. The number of carbonyl (C=O) groups excluding carboxylic acids is 1. The molecular weight excluding hydrogens is 268 g/mol. The fourth-order valence-electron chi connectivity index (χ4n) is 1.75. The van der Waals surface area contributed by atoms with Gasteiger partial charge in [0.05, 0.1) is 26.1 Å². The van der Waals surface area contributed by atoms with Gasteiger partial charge in [0.25, 0.3) is 0 Å². The first-order valence-electron chi connectivity index (χ1n) is 6.34. The van der Waals surface area contributed by atoms with Crippen LogP contribution in [0.2, 0.25) is 0 Å². The molecule has 0 bridgehead atoms. The Morgan fingerprint density at radius 2 is 2.00 bits per heavy atom. The average Bonchev–Trinajstić information content (AvgIpc) is 2.53. The smallest absolute Gasteiger partial charge is 0.248 e. The number of rotatable bonds is 5. The Hall–Kier alpha value is -2.82. The molecule has 0 atom stereocenters. The van der Waals surface area contributed by atoms with Crippen LogP contribution in [0.25, 0.3) is 6.08 Å². The fourth-order valence-corrected chi connectivity index (χ4v) is 1.75. The van der Waals surface area contributed by atoms with Crippen LogP contribution < -0.4 is 14.8 Å². The summed E-state index contributed by atoms with van der Waals surface area (Å²) >= 11 is 0. The second-order valence-corrected chi connectivity index (χ2v) is 4.18. The Kier molecular flexibility index (Phi) is 4.93. The molecular formula is C16H16N2O3. The van der Waals surface area contributed by atoms with Crippen LogP contribution in [0.15, 0.2) is 48.8 Å². The van der Waals surface area contributed by atoms with Crippen molar-refractivity contribution in [3.05, 3.63) is 54.4 Å². The molecule has 1 aromatic heterocycles. The molecule has 1 N–H and O–H groups in total. The number of methoxy groups -OCH3 is 2. The van der Waals surface area contributed by atoms with Gasteiger partial charge in [-0.25, -0.2) is 0 Å². The molecule has 0 fully saturated rings. The molecule has 2 aromatic rings. The standard InChI is InChI=1S/C16H16N2O3/c1-20-14-7-5-12(10-15(14)21-2)6-8-16(19)18-13-4-3-9-17-11-13/h3-11H,1-2H3,(H,18,19). The third kappa shape index (κ3) is 4.07. The lowest BCUT2D eigenvalue weighted by Gasteiger charge is -2.07. The van der Waals surface area contributed by atoms with Crippen LogP contribution in [0.4, 0.5) is 5.69 Å². The average molecular weight is 284 g/mol. The Bertz CT molecular complexity index is 639. The number of nitrogens with zero attached hydrogens (tertiary/aromatic N) is 1. The predicted molar refractivity (Wildman–Crippen MR) is 81.4 cm³/mol. The summed E-state index contributed by atoms with van der Waals surface area (Å²) in [6, 6.07) is 8.96. The molecule has 108 valence electrons. The maximum atomic E-state index is 11.8. The summed E-state index contributed by atoms with van der Waals surface area (Å²) in [5.41, 5.74) is 1.49. The number of aromatic nitrogens is 1. The minimum Gasteiger partial charge on any atom is -0.493 e. The van der Waals surface area contributed by atoms with Crippen LogP contribution in [0.1, 0.15) is 5.56 Å². The molecule has 0 aliphatic rings. The van der Waals surface area contributed by atoms with Crippen molar-refractivity contribution in [1.82, 2.24) is 4.98 Å². The molecule has 0 unspecified atom stereocenters. The zero-order chi connectivity index (χ0) is 15.1. The van der Waals surface area contributed by atoms with Crippen molar-refractivity contribution in [2.45, 2.75) is 0 Å². The van der Waals surface area contributed by atoms with E-state index in [1.165, 1.54) is 6.08 Å². The number of amides is 1. The van der Waals surface area contributed by atoms with Crippen molar-refractivity contribution in [2.24, 2.45) is 0 Å². The number of benzene rings is 1. The van der Waals surface area contributed by atoms with Gasteiger partial charge in [0.1, 0.15) is 0 Å². The summed E-state index contributed by atoms with van der Waals surface area (Å²) < 4.78 is 10.4. The zero-order valence-corrected chi connectivity index (χ0v) is 11.9. The van der Waals surface area contributed by atoms with E-state index < -0.39 is 0 Å². The van der Waals surface area contributed by atoms with E-state index in [0.29, 0.717) is 17.2 Å². The van der Waals surface area contributed by atoms with Crippen LogP contribution in [-0.4, -0.2) is 25.1 Å². The highest BCUT2D eigenvalue weighted by atomic mass is 16.5. The summed E-state index contributed by atoms with van der Waals surface area (Å²) in [5, 5.41) is 2.72. The number of pyridine rings is 1. The van der Waals surface area contributed by atoms with E-state index in [-0.39, 0.29) is 5.91 Å². The second-order valence-electron chi connectivity index (χ2n) is 4.18. The van der Waals surface area contributed by atoms with Gasteiger partial charge in [-0.3, -0.25) is 9.78 Å². The molecule has 1 amide bonds. The minimum atomic E-state index is -0.224. The lowest BCUT2D eigenvalue weighted by molar-refractivity contribution is -0.111. The maximum Gasteiger partial charge on any atom is 0.248 e. The lowest BCUT2D eigenvalue weighted by atomic mass is 10.2. The van der Waals surface area contributed by atoms with Crippen LogP contribution in [0, 0.1) is 0 Å². The first kappa shape index (κ1) is 14.6. The van der Waals surface area contributed by atoms with Gasteiger partial charge in [-0.1, -0.05) is 6.07 Å². The van der Waals surface area contributed by atoms with Gasteiger partial charge < -0.3 is 14.8 Å². The van der Waals surface area contributed by atoms with Crippen molar-refractivity contribution in [1.29, 1.82) is 0 Å². The van der Waals surface area contributed by atoms with Gasteiger partial charge in [0.2, 0.25) is 5.91 Å². The summed E-state index contributed by atoms with van der Waals surface area (Å²) in [6.45, 7) is 0. The van der Waals surface area contributed by atoms with Crippen LogP contribution in [-0.2, 0) is 4.79 Å². The highest BCUT2D eigenvalue weighted by Gasteiger charge is 2.03. The Balaban J connectivity index is 2.05. The van der Waals surface area contributed by atoms with E-state index in [0.717, 1.165) is 5.56 Å². The SMILES string of the molecule is COc1ccc(C=CC(=O)Nc2cccnc2)cc1OC. The number of anilines is 1. The Labute approximate surface area is 123 Å². The number of hydrogen-bond donors (Lipinski definition) is 1. The van der Waals surface area contributed by atoms with E-state index in [1.807, 2.05) is 6.07 Å². The molecule has 2 rings (SSSR count). The molecule has 21 heavy (non-hydrogen) atoms. The molecule has 0 saturated heterocycles. The normalized spacial score (nSPS) is 10.4. The van der Waals surface area contributed by atoms with Gasteiger partial charge in [-0.2, -0.15) is 0 Å². The maximum absolute atomic E-state index is 11.8. The quantitative estimate of drug-likeness (QED) is 0.858. The van der Waals surface area contributed by atoms with Crippen LogP contribution in [0.5, 0.6) is 11.5 Å². The van der Waals surface area contributed by atoms with E-state index in [2.05, 4.69) is 10.3 Å². The topological polar surface area (TPSA) is 60.5 Å². The Morgan fingerprint density at radius 1 is 1.19 bits per heavy atom. The number of hydrogen-bond acceptors (Lipinski definition) is 4. The van der Waals surface area contributed by atoms with Crippen molar-refractivity contribution in [3.63, 3.8) is 0 Å². The predicted octanol–water partition coefficient (Wildman–Crippen LogP) is 2.75. The highest BCUT2D eigenvalue weighted by Crippen LogP contribution is 2.27. The van der Waals surface area contributed by atoms with Crippen molar-refractivity contribution >= 4 is 17.7 Å². The van der Waals surface area contributed by atoms with Gasteiger partial charge in [0, 0.05) is 12.3 Å². The van der Waals surface area contributed by atoms with Crippen molar-refractivity contribution < 1.29 is 14.3 Å². The van der Waals surface area contributed by atoms with E-state index in [4.69, 9.17) is 9.47 Å². The third-order valence-electron chi connectivity index (χ3n) is 2.76. The number of carbonyl (C=O) groups is 1. The molecule has 0 aliphatic heterocycles. The largest absolute Gasteiger partial charge is 0.493 e. The molecule has 0 spiro atoms. The first-order valence-corrected chi connectivity index (χ1v) is 6.34. The second kappa shape index (κ2) is 7.09. The third-order valence-corrected chi connectivity index (χ3v) is 2.76. The lowest BCUT2D eigenvalue weighted by Crippen LogP contribution is -2.07. The molecule has 0 saturated carbocycles. The minimum absolute atomic E-state index is 0.224. The fraction of sp³-hybridized carbons (Fsp3) is 0.125. The van der Waals surface area contributed by atoms with Crippen LogP contribution >= 0.6 is 0 Å². The van der Waals surface area contributed by atoms with Crippen molar-refractivity contribution in [2.75, 3.05) is 19.5 Å². The molecule has 0 aliphatic carbocycles. The summed E-state index contributed by atoms with van der Waals surface area (Å²) in [5.74, 6) is 1.04. The summed E-state index contributed by atoms with van der Waals surface area (Å²) in [4.78, 5) is 15.7. The molecule has 5 heteroatoms. The van der Waals surface area contributed by atoms with Crippen LogP contribution in [0.3, 0.4) is 0 Å². The molecule has 1 aromatic carbocycles. The van der Waals surface area contributed by atoms with E-state index in [9.17, 15) is 4.79 Å². The van der Waals surface area contributed by atoms with Gasteiger partial charge in [-0.15, -0.1) is 0 Å². The van der Waals surface area contributed by atoms with E-state index in [1.54, 1.807) is 57.0 Å². The summed E-state index contributed by atoms with van der Waals surface area (Å²) in [6.07, 6.45) is 6.39. The zero-order valence-electron chi connectivity index (χ0n) is 11.9. The molecule has 0 radical (unpaired) electrons. The number of nitrogens with one attached hydrogen (secondary N) is 1. The monoisotopic (exact) mass is 284 g/mol. The highest BCUT2D eigenvalue weighted by molar-refractivity contribution is 6.01. The van der Waals surface area contributed by atoms with Gasteiger partial charge in [-0.05, 0) is 35.9 Å². The number of ether oxygens (including phenoxy) is 2. The van der Waals surface area contributed by atoms with Gasteiger partial charge in [0.15, 0.2) is 11.5 Å².